The zero-order valence-corrected chi connectivity index (χ0v) is 19.9. The summed E-state index contributed by atoms with van der Waals surface area (Å²) in [6, 6.07) is 41.1. The van der Waals surface area contributed by atoms with E-state index in [1.54, 1.807) is 11.8 Å². The van der Waals surface area contributed by atoms with Gasteiger partial charge >= 0.3 is 0 Å². The average molecular weight is 432 g/mol. The summed E-state index contributed by atoms with van der Waals surface area (Å²) in [6.07, 6.45) is 0. The van der Waals surface area contributed by atoms with E-state index in [4.69, 9.17) is 0 Å². The van der Waals surface area contributed by atoms with E-state index in [0.717, 1.165) is 0 Å². The summed E-state index contributed by atoms with van der Waals surface area (Å²) in [7, 11) is -0.0786. The van der Waals surface area contributed by atoms with Crippen molar-refractivity contribution in [2.24, 2.45) is 0 Å². The van der Waals surface area contributed by atoms with Gasteiger partial charge in [0.05, 0.1) is 10.9 Å². The molecule has 0 nitrogen and oxygen atoms in total. The Balaban J connectivity index is 0.000000757. The smallest absolute Gasteiger partial charge is 0.0901 e. The molecule has 4 aromatic carbocycles. The fourth-order valence-electron chi connectivity index (χ4n) is 2.79. The lowest BCUT2D eigenvalue weighted by Gasteiger charge is -2.08. The fraction of sp³-hybridized carbons (Fsp3) is 0.143. The normalized spacial score (nSPS) is 9.77. The van der Waals surface area contributed by atoms with Gasteiger partial charge in [0.25, 0.3) is 0 Å². The highest BCUT2D eigenvalue weighted by Gasteiger charge is 2.27. The largest absolute Gasteiger partial charge is 0.166 e. The molecule has 0 heterocycles. The molecule has 0 aromatic heterocycles. The summed E-state index contributed by atoms with van der Waals surface area (Å²) in [5.74, 6) is 0. The van der Waals surface area contributed by atoms with Crippen LogP contribution in [0.25, 0.3) is 0 Å². The summed E-state index contributed by atoms with van der Waals surface area (Å²) in [6.45, 7) is 8.00. The van der Waals surface area contributed by atoms with Crippen LogP contribution in [-0.4, -0.2) is 0 Å². The molecule has 0 aliphatic rings. The van der Waals surface area contributed by atoms with Gasteiger partial charge in [-0.2, -0.15) is 0 Å². The van der Waals surface area contributed by atoms with Crippen molar-refractivity contribution < 1.29 is 0 Å². The van der Waals surface area contributed by atoms with Crippen molar-refractivity contribution in [3.8, 4) is 0 Å². The van der Waals surface area contributed by atoms with Crippen molar-refractivity contribution in [2.45, 2.75) is 52.2 Å². The monoisotopic (exact) mass is 431 g/mol. The lowest BCUT2D eigenvalue weighted by atomic mass is 10.3. The first kappa shape index (κ1) is 23.9. The molecule has 0 spiro atoms. The van der Waals surface area contributed by atoms with Gasteiger partial charge in [0.15, 0.2) is 14.7 Å². The Hall–Kier alpha value is -2.42. The minimum atomic E-state index is -0.0786. The van der Waals surface area contributed by atoms with E-state index in [2.05, 4.69) is 115 Å². The van der Waals surface area contributed by atoms with Gasteiger partial charge in [0.2, 0.25) is 0 Å². The molecule has 0 bridgehead atoms. The second kappa shape index (κ2) is 13.7. The first-order valence-corrected chi connectivity index (χ1v) is 12.6. The third-order valence-corrected chi connectivity index (χ3v) is 7.24. The van der Waals surface area contributed by atoms with Crippen LogP contribution in [0.3, 0.4) is 0 Å². The van der Waals surface area contributed by atoms with Crippen LogP contribution in [0.15, 0.2) is 140 Å². The molecule has 0 fully saturated rings. The van der Waals surface area contributed by atoms with Crippen LogP contribution in [0.5, 0.6) is 0 Å². The lowest BCUT2D eigenvalue weighted by molar-refractivity contribution is 1.28. The molecular formula is C28H31S2+. The van der Waals surface area contributed by atoms with Crippen LogP contribution in [0.4, 0.5) is 0 Å². The van der Waals surface area contributed by atoms with E-state index in [0.29, 0.717) is 0 Å². The summed E-state index contributed by atoms with van der Waals surface area (Å²) in [5.41, 5.74) is 0. The SMILES string of the molecule is CC.CC.c1ccc(Sc2ccc([S+](c3ccccc3)c3ccccc3)cc2)cc1. The van der Waals surface area contributed by atoms with Gasteiger partial charge in [-0.1, -0.05) is 94.1 Å². The van der Waals surface area contributed by atoms with E-state index in [1.807, 2.05) is 27.7 Å². The van der Waals surface area contributed by atoms with Crippen molar-refractivity contribution in [1.82, 2.24) is 0 Å². The Morgan fingerprint density at radius 1 is 0.400 bits per heavy atom. The zero-order valence-electron chi connectivity index (χ0n) is 18.3. The molecule has 0 saturated heterocycles. The molecule has 4 aromatic rings. The van der Waals surface area contributed by atoms with E-state index in [9.17, 15) is 0 Å². The van der Waals surface area contributed by atoms with Gasteiger partial charge in [0.1, 0.15) is 0 Å². The average Bonchev–Trinajstić information content (AvgIpc) is 2.85. The number of hydrogen-bond donors (Lipinski definition) is 0. The summed E-state index contributed by atoms with van der Waals surface area (Å²) < 4.78 is 0. The molecule has 0 amide bonds. The molecule has 0 radical (unpaired) electrons. The Bertz CT molecular complexity index is 895. The summed E-state index contributed by atoms with van der Waals surface area (Å²) in [5, 5.41) is 0. The van der Waals surface area contributed by atoms with Crippen LogP contribution in [0.2, 0.25) is 0 Å². The Morgan fingerprint density at radius 2 is 0.733 bits per heavy atom. The third-order valence-electron chi connectivity index (χ3n) is 4.00. The predicted octanol–water partition coefficient (Wildman–Crippen LogP) is 8.99. The van der Waals surface area contributed by atoms with E-state index < -0.39 is 0 Å². The van der Waals surface area contributed by atoms with Gasteiger partial charge in [-0.15, -0.1) is 0 Å². The van der Waals surface area contributed by atoms with E-state index >= 15 is 0 Å². The lowest BCUT2D eigenvalue weighted by Crippen LogP contribution is -2.04. The Morgan fingerprint density at radius 3 is 1.17 bits per heavy atom. The van der Waals surface area contributed by atoms with Crippen molar-refractivity contribution in [3.63, 3.8) is 0 Å². The molecule has 0 unspecified atom stereocenters. The van der Waals surface area contributed by atoms with Gasteiger partial charge in [-0.05, 0) is 60.7 Å². The van der Waals surface area contributed by atoms with Crippen molar-refractivity contribution in [2.75, 3.05) is 0 Å². The number of hydrogen-bond acceptors (Lipinski definition) is 1. The van der Waals surface area contributed by atoms with Crippen LogP contribution in [-0.2, 0) is 10.9 Å². The minimum absolute atomic E-state index is 0.0786. The third kappa shape index (κ3) is 6.83. The number of benzene rings is 4. The first-order chi connectivity index (χ1) is 14.9. The minimum Gasteiger partial charge on any atom is -0.0901 e. The van der Waals surface area contributed by atoms with E-state index in [1.165, 1.54) is 24.5 Å². The summed E-state index contributed by atoms with van der Waals surface area (Å²) in [4.78, 5) is 6.58. The molecule has 0 atom stereocenters. The summed E-state index contributed by atoms with van der Waals surface area (Å²) >= 11 is 1.80. The maximum atomic E-state index is 2.27. The van der Waals surface area contributed by atoms with Gasteiger partial charge in [-0.25, -0.2) is 0 Å². The molecule has 0 saturated carbocycles. The molecule has 0 aliphatic carbocycles. The molecule has 4 rings (SSSR count). The molecule has 0 N–H and O–H groups in total. The highest BCUT2D eigenvalue weighted by atomic mass is 32.2. The second-order valence-corrected chi connectivity index (χ2v) is 8.99. The first-order valence-electron chi connectivity index (χ1n) is 10.6. The topological polar surface area (TPSA) is 0 Å². The highest BCUT2D eigenvalue weighted by Crippen LogP contribution is 2.33. The van der Waals surface area contributed by atoms with Crippen molar-refractivity contribution in [3.05, 3.63) is 115 Å². The zero-order chi connectivity index (χ0) is 21.6. The highest BCUT2D eigenvalue weighted by molar-refractivity contribution is 7.99. The standard InChI is InChI=1S/C24H19S2.2C2H6/c1-4-10-20(11-5-1)25-21-16-18-24(19-17-21)26(22-12-6-2-7-13-22)23-14-8-3-9-15-23;2*1-2/h1-19H;2*1-2H3/q+1;;. The predicted molar refractivity (Wildman–Crippen MR) is 135 cm³/mol. The number of rotatable bonds is 5. The molecule has 2 heteroatoms. The maximum Gasteiger partial charge on any atom is 0.166 e. The second-order valence-electron chi connectivity index (χ2n) is 5.82. The molecule has 0 aliphatic heterocycles. The quantitative estimate of drug-likeness (QED) is 0.284. The molecule has 30 heavy (non-hydrogen) atoms. The Kier molecular flexibility index (Phi) is 10.9. The van der Waals surface area contributed by atoms with Crippen LogP contribution >= 0.6 is 11.8 Å². The maximum absolute atomic E-state index is 2.27. The fourth-order valence-corrected chi connectivity index (χ4v) is 5.71. The van der Waals surface area contributed by atoms with Gasteiger partial charge < -0.3 is 0 Å². The van der Waals surface area contributed by atoms with Crippen LogP contribution in [0, 0.1) is 0 Å². The molecule has 154 valence electrons. The van der Waals surface area contributed by atoms with Crippen molar-refractivity contribution in [1.29, 1.82) is 0 Å². The van der Waals surface area contributed by atoms with Crippen LogP contribution in [0.1, 0.15) is 27.7 Å². The van der Waals surface area contributed by atoms with Gasteiger partial charge in [-0.3, -0.25) is 0 Å². The van der Waals surface area contributed by atoms with Crippen molar-refractivity contribution >= 4 is 22.7 Å². The van der Waals surface area contributed by atoms with Gasteiger partial charge in [0, 0.05) is 9.79 Å². The Labute approximate surface area is 189 Å². The van der Waals surface area contributed by atoms with Crippen LogP contribution < -0.4 is 0 Å². The van der Waals surface area contributed by atoms with E-state index in [-0.39, 0.29) is 10.9 Å². The molecular weight excluding hydrogens is 400 g/mol.